The van der Waals surface area contributed by atoms with Gasteiger partial charge in [0.1, 0.15) is 0 Å². The summed E-state index contributed by atoms with van der Waals surface area (Å²) in [5.41, 5.74) is 1.05. The van der Waals surface area contributed by atoms with Crippen LogP contribution in [0.4, 0.5) is 0 Å². The molecule has 1 heterocycles. The third-order valence-electron chi connectivity index (χ3n) is 3.20. The summed E-state index contributed by atoms with van der Waals surface area (Å²) in [6.07, 6.45) is 0.405. The van der Waals surface area contributed by atoms with Crippen LogP contribution in [0.5, 0.6) is 0 Å². The van der Waals surface area contributed by atoms with Crippen LogP contribution in [0.1, 0.15) is 12.5 Å². The summed E-state index contributed by atoms with van der Waals surface area (Å²) in [6, 6.07) is 9.93. The fourth-order valence-electron chi connectivity index (χ4n) is 2.13. The Balaban J connectivity index is 1.99. The van der Waals surface area contributed by atoms with Gasteiger partial charge in [-0.1, -0.05) is 30.3 Å². The monoisotopic (exact) mass is 267 g/mol. The summed E-state index contributed by atoms with van der Waals surface area (Å²) in [5.74, 6) is 0.578. The largest absolute Gasteiger partial charge is 0.373 e. The number of hydrogen-bond acceptors (Lipinski definition) is 2. The van der Waals surface area contributed by atoms with Crippen LogP contribution >= 0.6 is 11.6 Å². The number of hydrogen-bond donors (Lipinski definition) is 0. The highest BCUT2D eigenvalue weighted by atomic mass is 35.5. The molecule has 3 nitrogen and oxygen atoms in total. The van der Waals surface area contributed by atoms with Crippen molar-refractivity contribution in [3.63, 3.8) is 0 Å². The Bertz CT molecular complexity index is 396. The second kappa shape index (κ2) is 6.21. The van der Waals surface area contributed by atoms with Crippen molar-refractivity contribution >= 4 is 17.5 Å². The van der Waals surface area contributed by atoms with Crippen molar-refractivity contribution < 1.29 is 9.53 Å². The summed E-state index contributed by atoms with van der Waals surface area (Å²) >= 11 is 5.80. The normalized spacial score (nSPS) is 24.0. The van der Waals surface area contributed by atoms with Gasteiger partial charge in [0.2, 0.25) is 5.91 Å². The van der Waals surface area contributed by atoms with Crippen LogP contribution in [0.25, 0.3) is 0 Å². The molecule has 1 aromatic carbocycles. The summed E-state index contributed by atoms with van der Waals surface area (Å²) in [7, 11) is 0. The van der Waals surface area contributed by atoms with Crippen LogP contribution in [0.3, 0.4) is 0 Å². The topological polar surface area (TPSA) is 29.5 Å². The van der Waals surface area contributed by atoms with Crippen LogP contribution in [0.2, 0.25) is 0 Å². The van der Waals surface area contributed by atoms with Crippen LogP contribution in [0.15, 0.2) is 30.3 Å². The van der Waals surface area contributed by atoms with E-state index in [1.54, 1.807) is 0 Å². The van der Waals surface area contributed by atoms with Crippen molar-refractivity contribution in [1.29, 1.82) is 0 Å². The molecule has 1 aromatic rings. The average Bonchev–Trinajstić information content (AvgIpc) is 2.40. The highest BCUT2D eigenvalue weighted by Gasteiger charge is 2.28. The predicted octanol–water partition coefficient (Wildman–Crippen LogP) is 2.08. The van der Waals surface area contributed by atoms with Gasteiger partial charge in [0.05, 0.1) is 31.1 Å². The third-order valence-corrected chi connectivity index (χ3v) is 3.54. The molecule has 4 heteroatoms. The molecule has 0 bridgehead atoms. The van der Waals surface area contributed by atoms with Gasteiger partial charge in [0.25, 0.3) is 0 Å². The lowest BCUT2D eigenvalue weighted by Crippen LogP contribution is -2.52. The fraction of sp³-hybridized carbons (Fsp3) is 0.500. The average molecular weight is 268 g/mol. The van der Waals surface area contributed by atoms with E-state index >= 15 is 0 Å². The molecule has 0 N–H and O–H groups in total. The van der Waals surface area contributed by atoms with E-state index in [0.717, 1.165) is 5.56 Å². The smallest absolute Gasteiger partial charge is 0.227 e. The van der Waals surface area contributed by atoms with Gasteiger partial charge in [-0.05, 0) is 12.5 Å². The van der Waals surface area contributed by atoms with Crippen molar-refractivity contribution in [2.45, 2.75) is 25.5 Å². The van der Waals surface area contributed by atoms with Crippen molar-refractivity contribution in [1.82, 2.24) is 4.90 Å². The lowest BCUT2D eigenvalue weighted by molar-refractivity contribution is -0.142. The van der Waals surface area contributed by atoms with E-state index in [1.807, 2.05) is 42.2 Å². The lowest BCUT2D eigenvalue weighted by Gasteiger charge is -2.37. The van der Waals surface area contributed by atoms with E-state index in [0.29, 0.717) is 25.5 Å². The Morgan fingerprint density at radius 1 is 1.44 bits per heavy atom. The molecule has 1 fully saturated rings. The second-order valence-electron chi connectivity index (χ2n) is 4.67. The number of alkyl halides is 1. The number of ether oxygens (including phenoxy) is 1. The molecule has 1 amide bonds. The number of amides is 1. The SMILES string of the molecule is CC1COC(CCl)CN1C(=O)Cc1ccccc1. The van der Waals surface area contributed by atoms with Gasteiger partial charge in [0, 0.05) is 6.54 Å². The van der Waals surface area contributed by atoms with Crippen LogP contribution in [-0.4, -0.2) is 42.0 Å². The molecule has 2 rings (SSSR count). The quantitative estimate of drug-likeness (QED) is 0.785. The van der Waals surface area contributed by atoms with Gasteiger partial charge in [-0.25, -0.2) is 0 Å². The minimum absolute atomic E-state index is 0.0393. The molecule has 0 saturated carbocycles. The van der Waals surface area contributed by atoms with Gasteiger partial charge in [-0.2, -0.15) is 0 Å². The minimum Gasteiger partial charge on any atom is -0.373 e. The summed E-state index contributed by atoms with van der Waals surface area (Å²) in [5, 5.41) is 0. The van der Waals surface area contributed by atoms with Gasteiger partial charge >= 0.3 is 0 Å². The van der Waals surface area contributed by atoms with Crippen LogP contribution in [0, 0.1) is 0 Å². The van der Waals surface area contributed by atoms with E-state index in [9.17, 15) is 4.79 Å². The van der Waals surface area contributed by atoms with Crippen molar-refractivity contribution in [2.24, 2.45) is 0 Å². The number of rotatable bonds is 3. The number of carbonyl (C=O) groups excluding carboxylic acids is 1. The number of nitrogens with zero attached hydrogens (tertiary/aromatic N) is 1. The molecule has 1 saturated heterocycles. The van der Waals surface area contributed by atoms with Gasteiger partial charge in [0.15, 0.2) is 0 Å². The first-order valence-corrected chi connectivity index (χ1v) is 6.75. The van der Waals surface area contributed by atoms with E-state index in [4.69, 9.17) is 16.3 Å². The van der Waals surface area contributed by atoms with E-state index in [-0.39, 0.29) is 18.1 Å². The Morgan fingerprint density at radius 2 is 2.17 bits per heavy atom. The number of carbonyl (C=O) groups is 1. The Kier molecular flexibility index (Phi) is 4.61. The minimum atomic E-state index is -0.0393. The molecular weight excluding hydrogens is 250 g/mol. The van der Waals surface area contributed by atoms with Gasteiger partial charge in [-0.15, -0.1) is 11.6 Å². The van der Waals surface area contributed by atoms with E-state index in [2.05, 4.69) is 0 Å². The molecule has 1 aliphatic rings. The van der Waals surface area contributed by atoms with Crippen LogP contribution in [-0.2, 0) is 16.0 Å². The maximum atomic E-state index is 12.3. The highest BCUT2D eigenvalue weighted by Crippen LogP contribution is 2.14. The van der Waals surface area contributed by atoms with Crippen LogP contribution < -0.4 is 0 Å². The number of halogens is 1. The maximum Gasteiger partial charge on any atom is 0.227 e. The van der Waals surface area contributed by atoms with E-state index < -0.39 is 0 Å². The van der Waals surface area contributed by atoms with Crippen molar-refractivity contribution in [3.8, 4) is 0 Å². The molecule has 0 spiro atoms. The summed E-state index contributed by atoms with van der Waals surface area (Å²) < 4.78 is 5.54. The van der Waals surface area contributed by atoms with Gasteiger partial charge < -0.3 is 9.64 Å². The van der Waals surface area contributed by atoms with Crippen molar-refractivity contribution in [3.05, 3.63) is 35.9 Å². The predicted molar refractivity (Wildman–Crippen MR) is 71.8 cm³/mol. The third kappa shape index (κ3) is 3.24. The Morgan fingerprint density at radius 3 is 2.83 bits per heavy atom. The zero-order valence-electron chi connectivity index (χ0n) is 10.5. The first-order valence-electron chi connectivity index (χ1n) is 6.21. The molecule has 2 atom stereocenters. The summed E-state index contributed by atoms with van der Waals surface area (Å²) in [6.45, 7) is 3.17. The Labute approximate surface area is 113 Å². The van der Waals surface area contributed by atoms with E-state index in [1.165, 1.54) is 0 Å². The molecule has 18 heavy (non-hydrogen) atoms. The zero-order chi connectivity index (χ0) is 13.0. The molecule has 1 aliphatic heterocycles. The number of benzene rings is 1. The fourth-order valence-corrected chi connectivity index (χ4v) is 2.32. The molecular formula is C14H18ClNO2. The molecule has 0 aliphatic carbocycles. The highest BCUT2D eigenvalue weighted by molar-refractivity contribution is 6.18. The molecule has 0 radical (unpaired) electrons. The second-order valence-corrected chi connectivity index (χ2v) is 4.98. The standard InChI is InChI=1S/C14H18ClNO2/c1-11-10-18-13(8-15)9-16(11)14(17)7-12-5-3-2-4-6-12/h2-6,11,13H,7-10H2,1H3. The van der Waals surface area contributed by atoms with Gasteiger partial charge in [-0.3, -0.25) is 4.79 Å². The summed E-state index contributed by atoms with van der Waals surface area (Å²) in [4.78, 5) is 14.1. The Hall–Kier alpha value is -1.06. The molecule has 0 aromatic heterocycles. The maximum absolute atomic E-state index is 12.3. The molecule has 2 unspecified atom stereocenters. The lowest BCUT2D eigenvalue weighted by atomic mass is 10.1. The van der Waals surface area contributed by atoms with Crippen molar-refractivity contribution in [2.75, 3.05) is 19.0 Å². The first kappa shape index (κ1) is 13.4. The first-order chi connectivity index (χ1) is 8.70. The zero-order valence-corrected chi connectivity index (χ0v) is 11.3. The number of morpholine rings is 1. The molecule has 98 valence electrons.